The predicted molar refractivity (Wildman–Crippen MR) is 61.5 cm³/mol. The second-order valence-electron chi connectivity index (χ2n) is 3.02. The molecule has 0 aliphatic rings. The van der Waals surface area contributed by atoms with Crippen LogP contribution in [0, 0.1) is 10.1 Å². The molecule has 1 aromatic carbocycles. The third-order valence-corrected chi connectivity index (χ3v) is 2.49. The van der Waals surface area contributed by atoms with Crippen LogP contribution in [0.3, 0.4) is 0 Å². The molecule has 1 heterocycles. The van der Waals surface area contributed by atoms with Gasteiger partial charge in [-0.15, -0.1) is 20.4 Å². The summed E-state index contributed by atoms with van der Waals surface area (Å²) in [6.45, 7) is 0. The highest BCUT2D eigenvalue weighted by atomic mass is 32.2. The molecule has 0 saturated heterocycles. The fourth-order valence-corrected chi connectivity index (χ4v) is 1.42. The Morgan fingerprint density at radius 2 is 1.94 bits per heavy atom. The minimum atomic E-state index is -0.472. The van der Waals surface area contributed by atoms with Crippen LogP contribution in [0.4, 0.5) is 5.69 Å². The van der Waals surface area contributed by atoms with Crippen molar-refractivity contribution in [3.05, 3.63) is 34.4 Å². The van der Waals surface area contributed by atoms with E-state index in [-0.39, 0.29) is 11.5 Å². The number of non-ortho nitro benzene ring substituents is 1. The van der Waals surface area contributed by atoms with Gasteiger partial charge >= 0.3 is 0 Å². The molecule has 17 heavy (non-hydrogen) atoms. The SMILES string of the molecule is CSc1nnc(-c2cccc([N+](=O)[O-])c2)nn1. The first-order chi connectivity index (χ1) is 8.20. The second kappa shape index (κ2) is 4.83. The highest BCUT2D eigenvalue weighted by Crippen LogP contribution is 2.20. The Morgan fingerprint density at radius 3 is 2.53 bits per heavy atom. The maximum atomic E-state index is 10.6. The lowest BCUT2D eigenvalue weighted by molar-refractivity contribution is -0.384. The van der Waals surface area contributed by atoms with Gasteiger partial charge in [0.2, 0.25) is 11.0 Å². The maximum absolute atomic E-state index is 10.6. The van der Waals surface area contributed by atoms with E-state index in [0.717, 1.165) is 0 Å². The first kappa shape index (κ1) is 11.4. The summed E-state index contributed by atoms with van der Waals surface area (Å²) >= 11 is 1.33. The standard InChI is InChI=1S/C9H7N5O2S/c1-17-9-12-10-8(11-13-9)6-3-2-4-7(5-6)14(15)16/h2-5H,1H3. The molecule has 0 amide bonds. The van der Waals surface area contributed by atoms with E-state index in [1.165, 1.54) is 23.9 Å². The lowest BCUT2D eigenvalue weighted by Crippen LogP contribution is -1.98. The molecule has 0 radical (unpaired) electrons. The fraction of sp³-hybridized carbons (Fsp3) is 0.111. The molecular formula is C9H7N5O2S. The average molecular weight is 249 g/mol. The largest absolute Gasteiger partial charge is 0.270 e. The topological polar surface area (TPSA) is 94.7 Å². The van der Waals surface area contributed by atoms with Gasteiger partial charge in [-0.2, -0.15) is 0 Å². The highest BCUT2D eigenvalue weighted by Gasteiger charge is 2.09. The van der Waals surface area contributed by atoms with Crippen LogP contribution >= 0.6 is 11.8 Å². The van der Waals surface area contributed by atoms with Gasteiger partial charge < -0.3 is 0 Å². The second-order valence-corrected chi connectivity index (χ2v) is 3.79. The lowest BCUT2D eigenvalue weighted by atomic mass is 10.2. The van der Waals surface area contributed by atoms with E-state index >= 15 is 0 Å². The van der Waals surface area contributed by atoms with E-state index in [1.54, 1.807) is 12.1 Å². The number of rotatable bonds is 3. The molecule has 1 aromatic heterocycles. The van der Waals surface area contributed by atoms with Crippen LogP contribution in [-0.4, -0.2) is 31.6 Å². The van der Waals surface area contributed by atoms with Gasteiger partial charge in [-0.05, 0) is 6.26 Å². The van der Waals surface area contributed by atoms with Crippen molar-refractivity contribution in [3.63, 3.8) is 0 Å². The van der Waals surface area contributed by atoms with Gasteiger partial charge in [-0.3, -0.25) is 10.1 Å². The van der Waals surface area contributed by atoms with Crippen molar-refractivity contribution in [3.8, 4) is 11.4 Å². The molecule has 0 N–H and O–H groups in total. The molecular weight excluding hydrogens is 242 g/mol. The van der Waals surface area contributed by atoms with Crippen molar-refractivity contribution in [2.75, 3.05) is 6.26 Å². The zero-order chi connectivity index (χ0) is 12.3. The molecule has 0 bridgehead atoms. The molecule has 0 unspecified atom stereocenters. The van der Waals surface area contributed by atoms with Crippen LogP contribution in [0.2, 0.25) is 0 Å². The Labute approximate surface area is 100 Å². The van der Waals surface area contributed by atoms with Gasteiger partial charge in [-0.1, -0.05) is 23.9 Å². The summed E-state index contributed by atoms with van der Waals surface area (Å²) < 4.78 is 0. The third-order valence-electron chi connectivity index (χ3n) is 1.96. The number of nitro benzene ring substituents is 1. The number of hydrogen-bond donors (Lipinski definition) is 0. The molecule has 0 aliphatic heterocycles. The van der Waals surface area contributed by atoms with Crippen LogP contribution < -0.4 is 0 Å². The van der Waals surface area contributed by atoms with Gasteiger partial charge in [0.25, 0.3) is 5.69 Å². The summed E-state index contributed by atoms with van der Waals surface area (Å²) in [5.41, 5.74) is 0.506. The van der Waals surface area contributed by atoms with Crippen LogP contribution in [-0.2, 0) is 0 Å². The maximum Gasteiger partial charge on any atom is 0.270 e. The average Bonchev–Trinajstić information content (AvgIpc) is 2.39. The van der Waals surface area contributed by atoms with Crippen molar-refractivity contribution in [1.82, 2.24) is 20.4 Å². The summed E-state index contributed by atoms with van der Waals surface area (Å²) in [7, 11) is 0. The summed E-state index contributed by atoms with van der Waals surface area (Å²) in [6, 6.07) is 6.03. The normalized spacial score (nSPS) is 10.2. The lowest BCUT2D eigenvalue weighted by Gasteiger charge is -1.98. The highest BCUT2D eigenvalue weighted by molar-refractivity contribution is 7.98. The van der Waals surface area contributed by atoms with E-state index in [1.807, 2.05) is 6.26 Å². The van der Waals surface area contributed by atoms with Crippen molar-refractivity contribution in [2.45, 2.75) is 5.16 Å². The minimum Gasteiger partial charge on any atom is -0.258 e. The molecule has 2 rings (SSSR count). The van der Waals surface area contributed by atoms with Crippen LogP contribution in [0.15, 0.2) is 29.4 Å². The van der Waals surface area contributed by atoms with Gasteiger partial charge in [0.1, 0.15) is 0 Å². The number of benzene rings is 1. The number of thioether (sulfide) groups is 1. The van der Waals surface area contributed by atoms with E-state index in [2.05, 4.69) is 20.4 Å². The van der Waals surface area contributed by atoms with Gasteiger partial charge in [0, 0.05) is 17.7 Å². The molecule has 0 aliphatic carbocycles. The van der Waals surface area contributed by atoms with E-state index < -0.39 is 4.92 Å². The molecule has 0 spiro atoms. The van der Waals surface area contributed by atoms with Gasteiger partial charge in [-0.25, -0.2) is 0 Å². The summed E-state index contributed by atoms with van der Waals surface area (Å²) in [4.78, 5) is 10.1. The molecule has 86 valence electrons. The number of aromatic nitrogens is 4. The van der Waals surface area contributed by atoms with E-state index in [0.29, 0.717) is 10.7 Å². The number of nitro groups is 1. The van der Waals surface area contributed by atoms with Crippen molar-refractivity contribution >= 4 is 17.4 Å². The first-order valence-electron chi connectivity index (χ1n) is 4.57. The Hall–Kier alpha value is -2.09. The third kappa shape index (κ3) is 2.53. The van der Waals surface area contributed by atoms with Crippen LogP contribution in [0.1, 0.15) is 0 Å². The van der Waals surface area contributed by atoms with Gasteiger partial charge in [0.05, 0.1) is 4.92 Å². The molecule has 2 aromatic rings. The Kier molecular flexibility index (Phi) is 3.24. The summed E-state index contributed by atoms with van der Waals surface area (Å²) in [6.07, 6.45) is 1.81. The van der Waals surface area contributed by atoms with Crippen LogP contribution in [0.5, 0.6) is 0 Å². The zero-order valence-electron chi connectivity index (χ0n) is 8.77. The summed E-state index contributed by atoms with van der Waals surface area (Å²) in [5, 5.41) is 26.4. The number of nitrogens with zero attached hydrogens (tertiary/aromatic N) is 5. The first-order valence-corrected chi connectivity index (χ1v) is 5.79. The summed E-state index contributed by atoms with van der Waals surface area (Å²) in [5.74, 6) is 0.270. The van der Waals surface area contributed by atoms with Crippen molar-refractivity contribution in [2.24, 2.45) is 0 Å². The molecule has 0 saturated carbocycles. The van der Waals surface area contributed by atoms with Gasteiger partial charge in [0.15, 0.2) is 0 Å². The molecule has 0 atom stereocenters. The van der Waals surface area contributed by atoms with Crippen molar-refractivity contribution in [1.29, 1.82) is 0 Å². The monoisotopic (exact) mass is 249 g/mol. The molecule has 0 fully saturated rings. The van der Waals surface area contributed by atoms with E-state index in [4.69, 9.17) is 0 Å². The molecule has 7 nitrogen and oxygen atoms in total. The Morgan fingerprint density at radius 1 is 1.24 bits per heavy atom. The Bertz CT molecular complexity index is 545. The quantitative estimate of drug-likeness (QED) is 0.462. The smallest absolute Gasteiger partial charge is 0.258 e. The minimum absolute atomic E-state index is 0.0138. The fourth-order valence-electron chi connectivity index (χ4n) is 1.18. The van der Waals surface area contributed by atoms with E-state index in [9.17, 15) is 10.1 Å². The van der Waals surface area contributed by atoms with Crippen LogP contribution in [0.25, 0.3) is 11.4 Å². The predicted octanol–water partition coefficient (Wildman–Crippen LogP) is 1.56. The van der Waals surface area contributed by atoms with Crippen molar-refractivity contribution < 1.29 is 4.92 Å². The zero-order valence-corrected chi connectivity index (χ0v) is 9.59. The molecule has 8 heteroatoms. The Balaban J connectivity index is 2.38. The number of hydrogen-bond acceptors (Lipinski definition) is 7.